The second kappa shape index (κ2) is 9.20. The van der Waals surface area contributed by atoms with Crippen LogP contribution in [0.4, 0.5) is 5.69 Å². The fourth-order valence-electron chi connectivity index (χ4n) is 5.86. The van der Waals surface area contributed by atoms with Gasteiger partial charge in [0.05, 0.1) is 6.42 Å². The van der Waals surface area contributed by atoms with Gasteiger partial charge in [0.1, 0.15) is 0 Å². The molecule has 3 aromatic carbocycles. The largest absolute Gasteiger partial charge is 0.311 e. The Labute approximate surface area is 208 Å². The number of carbonyl (C=O) groups is 1. The summed E-state index contributed by atoms with van der Waals surface area (Å²) in [7, 11) is 0. The van der Waals surface area contributed by atoms with Crippen molar-refractivity contribution in [3.8, 4) is 0 Å². The standard InChI is InChI=1S/C30H33ClN2O/c1-21-4-9-28-27(17-21)30(20-33(28)29(34)18-24-5-7-26(31)8-6-24)10-12-32(13-11-30)19-25-15-22(2)14-23(3)16-25/h4-9,14-17H,10-13,18-20H2,1-3H3. The molecule has 4 heteroatoms. The molecule has 0 atom stereocenters. The topological polar surface area (TPSA) is 23.6 Å². The van der Waals surface area contributed by atoms with Crippen molar-refractivity contribution in [1.82, 2.24) is 4.90 Å². The highest BCUT2D eigenvalue weighted by Crippen LogP contribution is 2.47. The molecule has 2 heterocycles. The maximum atomic E-state index is 13.4. The summed E-state index contributed by atoms with van der Waals surface area (Å²) in [6, 6.07) is 21.1. The van der Waals surface area contributed by atoms with E-state index in [9.17, 15) is 4.79 Å². The van der Waals surface area contributed by atoms with Gasteiger partial charge in [-0.1, -0.05) is 70.8 Å². The molecule has 176 valence electrons. The Kier molecular flexibility index (Phi) is 6.26. The number of fused-ring (bicyclic) bond motifs is 2. The monoisotopic (exact) mass is 472 g/mol. The summed E-state index contributed by atoms with van der Waals surface area (Å²) in [6.07, 6.45) is 2.57. The number of aryl methyl sites for hydroxylation is 3. The molecule has 0 unspecified atom stereocenters. The lowest BCUT2D eigenvalue weighted by atomic mass is 9.74. The van der Waals surface area contributed by atoms with E-state index in [1.54, 1.807) is 0 Å². The molecule has 2 aliphatic rings. The van der Waals surface area contributed by atoms with Gasteiger partial charge in [-0.3, -0.25) is 9.69 Å². The summed E-state index contributed by atoms with van der Waals surface area (Å²) in [4.78, 5) is 18.0. The Hall–Kier alpha value is -2.62. The zero-order valence-corrected chi connectivity index (χ0v) is 21.2. The third kappa shape index (κ3) is 4.64. The number of hydrogen-bond donors (Lipinski definition) is 0. The number of halogens is 1. The van der Waals surface area contributed by atoms with Crippen LogP contribution in [0.25, 0.3) is 0 Å². The summed E-state index contributed by atoms with van der Waals surface area (Å²) < 4.78 is 0. The number of benzene rings is 3. The average Bonchev–Trinajstić information content (AvgIpc) is 3.10. The van der Waals surface area contributed by atoms with Gasteiger partial charge in [-0.2, -0.15) is 0 Å². The minimum absolute atomic E-state index is 0.0516. The second-order valence-electron chi connectivity index (χ2n) is 10.4. The number of piperidine rings is 1. The predicted octanol–water partition coefficient (Wildman–Crippen LogP) is 6.39. The molecule has 0 bridgehead atoms. The van der Waals surface area contributed by atoms with Gasteiger partial charge < -0.3 is 4.90 Å². The van der Waals surface area contributed by atoms with E-state index in [1.807, 2.05) is 29.2 Å². The van der Waals surface area contributed by atoms with Crippen molar-refractivity contribution in [3.05, 3.63) is 99.1 Å². The fourth-order valence-corrected chi connectivity index (χ4v) is 5.99. The van der Waals surface area contributed by atoms with Gasteiger partial charge >= 0.3 is 0 Å². The third-order valence-electron chi connectivity index (χ3n) is 7.55. The lowest BCUT2D eigenvalue weighted by Gasteiger charge is -2.40. The highest BCUT2D eigenvalue weighted by atomic mass is 35.5. The maximum Gasteiger partial charge on any atom is 0.231 e. The third-order valence-corrected chi connectivity index (χ3v) is 7.80. The molecule has 0 aromatic heterocycles. The molecule has 0 saturated carbocycles. The Balaban J connectivity index is 1.34. The average molecular weight is 473 g/mol. The van der Waals surface area contributed by atoms with Gasteiger partial charge in [-0.25, -0.2) is 0 Å². The molecule has 1 fully saturated rings. The van der Waals surface area contributed by atoms with Crippen LogP contribution in [0.5, 0.6) is 0 Å². The van der Waals surface area contributed by atoms with Crippen molar-refractivity contribution in [3.63, 3.8) is 0 Å². The van der Waals surface area contributed by atoms with Crippen molar-refractivity contribution in [1.29, 1.82) is 0 Å². The minimum atomic E-state index is 0.0516. The summed E-state index contributed by atoms with van der Waals surface area (Å²) in [6.45, 7) is 10.4. The van der Waals surface area contributed by atoms with E-state index in [1.165, 1.54) is 27.8 Å². The molecule has 1 saturated heterocycles. The molecule has 3 aromatic rings. The normalized spacial score (nSPS) is 17.2. The van der Waals surface area contributed by atoms with Crippen molar-refractivity contribution < 1.29 is 4.79 Å². The predicted molar refractivity (Wildman–Crippen MR) is 141 cm³/mol. The molecular weight excluding hydrogens is 440 g/mol. The molecule has 0 radical (unpaired) electrons. The van der Waals surface area contributed by atoms with Gasteiger partial charge in [0.25, 0.3) is 0 Å². The Morgan fingerprint density at radius 3 is 2.21 bits per heavy atom. The number of likely N-dealkylation sites (tertiary alicyclic amines) is 1. The first-order valence-corrected chi connectivity index (χ1v) is 12.6. The number of rotatable bonds is 4. The molecule has 3 nitrogen and oxygen atoms in total. The Bertz CT molecular complexity index is 1190. The molecule has 0 aliphatic carbocycles. The van der Waals surface area contributed by atoms with Gasteiger partial charge in [-0.05, 0) is 81.6 Å². The quantitative estimate of drug-likeness (QED) is 0.439. The molecular formula is C30H33ClN2O. The van der Waals surface area contributed by atoms with Crippen LogP contribution < -0.4 is 4.90 Å². The second-order valence-corrected chi connectivity index (χ2v) is 10.8. The van der Waals surface area contributed by atoms with Gasteiger partial charge in [0.15, 0.2) is 0 Å². The lowest BCUT2D eigenvalue weighted by molar-refractivity contribution is -0.118. The van der Waals surface area contributed by atoms with Crippen LogP contribution in [0.1, 0.15) is 46.2 Å². The van der Waals surface area contributed by atoms with Crippen molar-refractivity contribution in [2.45, 2.75) is 52.0 Å². The zero-order valence-electron chi connectivity index (χ0n) is 20.4. The molecule has 1 amide bonds. The van der Waals surface area contributed by atoms with E-state index in [2.05, 4.69) is 62.1 Å². The first kappa shape index (κ1) is 23.1. The molecule has 5 rings (SSSR count). The van der Waals surface area contributed by atoms with Crippen LogP contribution in [0, 0.1) is 20.8 Å². The first-order chi connectivity index (χ1) is 16.3. The Morgan fingerprint density at radius 2 is 1.53 bits per heavy atom. The van der Waals surface area contributed by atoms with E-state index in [-0.39, 0.29) is 11.3 Å². The van der Waals surface area contributed by atoms with Crippen LogP contribution in [-0.2, 0) is 23.2 Å². The summed E-state index contributed by atoms with van der Waals surface area (Å²) >= 11 is 6.03. The van der Waals surface area contributed by atoms with Crippen LogP contribution >= 0.6 is 11.6 Å². The zero-order chi connectivity index (χ0) is 23.9. The Morgan fingerprint density at radius 1 is 0.853 bits per heavy atom. The lowest BCUT2D eigenvalue weighted by Crippen LogP contribution is -2.46. The summed E-state index contributed by atoms with van der Waals surface area (Å²) in [5.41, 5.74) is 8.86. The number of anilines is 1. The molecule has 2 aliphatic heterocycles. The van der Waals surface area contributed by atoms with Crippen LogP contribution in [0.15, 0.2) is 60.7 Å². The molecule has 0 N–H and O–H groups in total. The maximum absolute atomic E-state index is 13.4. The van der Waals surface area contributed by atoms with Crippen molar-refractivity contribution >= 4 is 23.2 Å². The van der Waals surface area contributed by atoms with Crippen LogP contribution in [-0.4, -0.2) is 30.4 Å². The van der Waals surface area contributed by atoms with Crippen LogP contribution in [0.3, 0.4) is 0 Å². The summed E-state index contributed by atoms with van der Waals surface area (Å²) in [5.74, 6) is 0.168. The smallest absolute Gasteiger partial charge is 0.231 e. The van der Waals surface area contributed by atoms with Gasteiger partial charge in [0.2, 0.25) is 5.91 Å². The minimum Gasteiger partial charge on any atom is -0.311 e. The number of amides is 1. The number of hydrogen-bond acceptors (Lipinski definition) is 2. The van der Waals surface area contributed by atoms with Gasteiger partial charge in [0, 0.05) is 29.2 Å². The van der Waals surface area contributed by atoms with Crippen molar-refractivity contribution in [2.75, 3.05) is 24.5 Å². The number of nitrogens with zero attached hydrogens (tertiary/aromatic N) is 2. The highest BCUT2D eigenvalue weighted by molar-refractivity contribution is 6.30. The van der Waals surface area contributed by atoms with Gasteiger partial charge in [-0.15, -0.1) is 0 Å². The fraction of sp³-hybridized carbons (Fsp3) is 0.367. The molecule has 1 spiro atoms. The molecule has 34 heavy (non-hydrogen) atoms. The van der Waals surface area contributed by atoms with Crippen molar-refractivity contribution in [2.24, 2.45) is 0 Å². The number of carbonyl (C=O) groups excluding carboxylic acids is 1. The highest BCUT2D eigenvalue weighted by Gasteiger charge is 2.46. The van der Waals surface area contributed by atoms with Crippen LogP contribution in [0.2, 0.25) is 5.02 Å². The van der Waals surface area contributed by atoms with E-state index in [0.29, 0.717) is 11.4 Å². The van der Waals surface area contributed by atoms with E-state index in [4.69, 9.17) is 11.6 Å². The van der Waals surface area contributed by atoms with E-state index < -0.39 is 0 Å². The SMILES string of the molecule is Cc1cc(C)cc(CN2CCC3(CC2)CN(C(=O)Cc2ccc(Cl)cc2)c2ccc(C)cc23)c1. The first-order valence-electron chi connectivity index (χ1n) is 12.3. The summed E-state index contributed by atoms with van der Waals surface area (Å²) in [5, 5.41) is 0.699. The van der Waals surface area contributed by atoms with E-state index in [0.717, 1.165) is 50.3 Å². The van der Waals surface area contributed by atoms with E-state index >= 15 is 0 Å².